The van der Waals surface area contributed by atoms with Crippen molar-refractivity contribution in [2.45, 2.75) is 20.3 Å². The summed E-state index contributed by atoms with van der Waals surface area (Å²) in [6, 6.07) is 0. The van der Waals surface area contributed by atoms with Crippen molar-refractivity contribution >= 4 is 0 Å². The van der Waals surface area contributed by atoms with Crippen LogP contribution in [0.3, 0.4) is 0 Å². The molecule has 0 fully saturated rings. The molecule has 0 aliphatic rings. The minimum atomic E-state index is 0. The van der Waals surface area contributed by atoms with Crippen LogP contribution in [0.25, 0.3) is 0 Å². The normalized spacial score (nSPS) is 5.00. The largest absolute Gasteiger partial charge is 0.332 e. The zero-order chi connectivity index (χ0) is 3.41. The SMILES string of the molecule is C[CH-]CC.[Rf].[Rf]. The zero-order valence-corrected chi connectivity index (χ0v) is 17.5. The van der Waals surface area contributed by atoms with Crippen molar-refractivity contribution in [3.05, 3.63) is 6.42 Å². The smallest absolute Gasteiger partial charge is 0 e. The average Bonchev–Trinajstić information content (AvgIpc) is 1.37. The summed E-state index contributed by atoms with van der Waals surface area (Å²) in [5.74, 6) is 0. The van der Waals surface area contributed by atoms with Crippen LogP contribution in [0, 0.1) is 6.42 Å². The van der Waals surface area contributed by atoms with Crippen LogP contribution in [0.5, 0.6) is 0 Å². The first-order valence-electron chi connectivity index (χ1n) is 1.69. The summed E-state index contributed by atoms with van der Waals surface area (Å²) in [5, 5.41) is 0. The molecule has 0 aliphatic carbocycles. The number of hydrogen-bond acceptors (Lipinski definition) is 0. The summed E-state index contributed by atoms with van der Waals surface area (Å²) < 4.78 is 0. The van der Waals surface area contributed by atoms with Gasteiger partial charge in [0.1, 0.15) is 0 Å². The molecule has 0 rings (SSSR count). The van der Waals surface area contributed by atoms with Gasteiger partial charge >= 0.3 is 0 Å². The molecule has 2 heteroatoms. The van der Waals surface area contributed by atoms with Crippen LogP contribution >= 0.6 is 0 Å². The molecule has 0 aromatic rings. The van der Waals surface area contributed by atoms with Gasteiger partial charge in [0.15, 0.2) is 0 Å². The summed E-state index contributed by atoms with van der Waals surface area (Å²) in [6.45, 7) is 4.18. The van der Waals surface area contributed by atoms with Gasteiger partial charge in [-0.05, 0) is 0 Å². The summed E-state index contributed by atoms with van der Waals surface area (Å²) in [7, 11) is 0. The van der Waals surface area contributed by atoms with E-state index in [1.165, 1.54) is 6.42 Å². The van der Waals surface area contributed by atoms with Crippen molar-refractivity contribution < 1.29 is 0 Å². The fourth-order valence-electron chi connectivity index (χ4n) is 0. The molecule has 0 nitrogen and oxygen atoms in total. The molecule has 6 heavy (non-hydrogen) atoms. The van der Waals surface area contributed by atoms with Gasteiger partial charge in [-0.2, -0.15) is 13.3 Å². The van der Waals surface area contributed by atoms with Gasteiger partial charge in [0.2, 0.25) is 0 Å². The molecule has 0 bridgehead atoms. The molecule has 0 spiro atoms. The van der Waals surface area contributed by atoms with E-state index in [1.54, 1.807) is 0 Å². The van der Waals surface area contributed by atoms with Crippen molar-refractivity contribution in [1.82, 2.24) is 0 Å². The average molecular weight is 591 g/mol. The molecule has 0 saturated carbocycles. The molecule has 0 amide bonds. The van der Waals surface area contributed by atoms with Crippen LogP contribution in [0.4, 0.5) is 0 Å². The van der Waals surface area contributed by atoms with Crippen molar-refractivity contribution in [2.24, 2.45) is 0 Å². The van der Waals surface area contributed by atoms with Crippen LogP contribution in [0.15, 0.2) is 0 Å². The van der Waals surface area contributed by atoms with E-state index >= 15 is 0 Å². The fraction of sp³-hybridized carbons (Fsp3) is 0.750. The van der Waals surface area contributed by atoms with Gasteiger partial charge in [-0.15, -0.1) is 0 Å². The Morgan fingerprint density at radius 1 is 1.33 bits per heavy atom. The molecule has 0 saturated heterocycles. The van der Waals surface area contributed by atoms with E-state index in [0.717, 1.165) is 0 Å². The molecule has 0 unspecified atom stereocenters. The third kappa shape index (κ3) is 2.00. The Hall–Kier alpha value is -2.00. The first-order chi connectivity index (χ1) is 1.91. The second-order valence-corrected chi connectivity index (χ2v) is 0.816. The van der Waals surface area contributed by atoms with Crippen LogP contribution in [0.1, 0.15) is 20.3 Å². The molecular formula is C4H9Rf2-. The Labute approximate surface area is 27.8 Å². The van der Waals surface area contributed by atoms with Gasteiger partial charge in [-0.3, -0.25) is 0 Å². The van der Waals surface area contributed by atoms with Crippen LogP contribution in [-0.4, -0.2) is 0 Å². The van der Waals surface area contributed by atoms with E-state index in [-0.39, 0.29) is 0 Å². The maximum Gasteiger partial charge on any atom is 0 e. The van der Waals surface area contributed by atoms with Crippen LogP contribution in [-0.2, 0) is 0 Å². The minimum absolute atomic E-state index is 0. The third-order valence-electron chi connectivity index (χ3n) is 0.408. The summed E-state index contributed by atoms with van der Waals surface area (Å²) in [5.41, 5.74) is 0. The molecule has 0 aliphatic heterocycles. The Morgan fingerprint density at radius 2 is 1.50 bits per heavy atom. The monoisotopic (exact) mass is 591 g/mol. The van der Waals surface area contributed by atoms with Crippen molar-refractivity contribution in [3.8, 4) is 0 Å². The Kier molecular flexibility index (Phi) is 0. The van der Waals surface area contributed by atoms with Gasteiger partial charge in [0.25, 0.3) is 0 Å². The van der Waals surface area contributed by atoms with E-state index in [1.807, 2.05) is 0 Å². The van der Waals surface area contributed by atoms with Gasteiger partial charge < -0.3 is 6.42 Å². The van der Waals surface area contributed by atoms with Gasteiger partial charge in [0.05, 0.1) is 0 Å². The number of rotatable bonds is 1. The fourth-order valence-corrected chi connectivity index (χ4v) is 0. The molecular weight excluding hydrogens is 582 g/mol. The van der Waals surface area contributed by atoms with E-state index in [4.69, 9.17) is 0 Å². The van der Waals surface area contributed by atoms with E-state index in [9.17, 15) is 0 Å². The van der Waals surface area contributed by atoms with E-state index in [0.29, 0.717) is 0 Å². The quantitative estimate of drug-likeness (QED) is 0.408. The molecule has 0 aromatic heterocycles. The number of hydrogen-bond donors (Lipinski definition) is 0. The van der Waals surface area contributed by atoms with Gasteiger partial charge in [-0.1, -0.05) is 6.92 Å². The third-order valence-corrected chi connectivity index (χ3v) is 0.408. The second kappa shape index (κ2) is 0. The predicted octanol–water partition coefficient (Wildman–Crippen LogP) is 1.62. The molecule has 0 N–H and O–H groups in total. The Balaban J connectivity index is -0.0000000450. The van der Waals surface area contributed by atoms with Gasteiger partial charge in [-0.25, -0.2) is 0 Å². The van der Waals surface area contributed by atoms with E-state index in [2.05, 4.69) is 20.3 Å². The van der Waals surface area contributed by atoms with Crippen LogP contribution < -0.4 is 0 Å². The standard InChI is InChI=1S/C4H9.2Rf/c1-3-4-2;;/h3H,4H2,1-2H3;;/q-1;;. The maximum absolute atomic E-state index is 2.12. The first-order valence-corrected chi connectivity index (χ1v) is 1.69. The summed E-state index contributed by atoms with van der Waals surface area (Å²) in [4.78, 5) is 0. The number of unbranched alkanes of at least 4 members (excludes halogenated alkanes) is 1. The summed E-state index contributed by atoms with van der Waals surface area (Å²) >= 11 is 0. The first kappa shape index (κ1) is 36.0. The van der Waals surface area contributed by atoms with Crippen molar-refractivity contribution in [3.63, 3.8) is 0 Å². The predicted molar refractivity (Wildman–Crippen MR) is 20.3 cm³/mol. The maximum atomic E-state index is 2.12. The molecule has 0 radical (unpaired) electrons. The minimum Gasteiger partial charge on any atom is -0.332 e. The zero-order valence-electron chi connectivity index (χ0n) is 4.70. The summed E-state index contributed by atoms with van der Waals surface area (Å²) in [6.07, 6.45) is 3.32. The Bertz CT molecular complexity index is 7.51. The Morgan fingerprint density at radius 3 is 1.50 bits per heavy atom. The van der Waals surface area contributed by atoms with Crippen molar-refractivity contribution in [1.29, 1.82) is 0 Å². The second-order valence-electron chi connectivity index (χ2n) is 0.816. The molecule has 0 heterocycles. The molecule has 0 atom stereocenters. The van der Waals surface area contributed by atoms with Gasteiger partial charge in [0, 0.05) is 0 Å². The molecule has 0 aromatic carbocycles. The van der Waals surface area contributed by atoms with Crippen molar-refractivity contribution in [2.75, 3.05) is 0 Å². The molecule has 30 valence electrons. The topological polar surface area (TPSA) is 0 Å². The van der Waals surface area contributed by atoms with Crippen LogP contribution in [0.2, 0.25) is 0 Å². The van der Waals surface area contributed by atoms with E-state index < -0.39 is 0 Å².